The molecule has 20 heavy (non-hydrogen) atoms. The highest BCUT2D eigenvalue weighted by atomic mass is 16.5. The molecule has 0 aliphatic carbocycles. The van der Waals surface area contributed by atoms with Gasteiger partial charge in [-0.1, -0.05) is 24.3 Å². The van der Waals surface area contributed by atoms with Gasteiger partial charge in [0, 0.05) is 31.7 Å². The van der Waals surface area contributed by atoms with Gasteiger partial charge in [0.1, 0.15) is 11.9 Å². The van der Waals surface area contributed by atoms with Gasteiger partial charge in [0.2, 0.25) is 0 Å². The molecule has 1 saturated heterocycles. The number of rotatable bonds is 3. The Morgan fingerprint density at radius 2 is 2.20 bits per heavy atom. The first-order chi connectivity index (χ1) is 9.70. The molecule has 5 nitrogen and oxygen atoms in total. The van der Waals surface area contributed by atoms with Crippen LogP contribution in [0.4, 0.5) is 5.82 Å². The molecule has 3 rings (SSSR count). The first-order valence-corrected chi connectivity index (χ1v) is 6.56. The number of aromatic nitrogens is 1. The maximum absolute atomic E-state index is 11.5. The Kier molecular flexibility index (Phi) is 3.28. The minimum absolute atomic E-state index is 0.0723. The van der Waals surface area contributed by atoms with Gasteiger partial charge in [-0.2, -0.15) is 0 Å². The van der Waals surface area contributed by atoms with E-state index in [1.54, 1.807) is 13.3 Å². The van der Waals surface area contributed by atoms with Gasteiger partial charge >= 0.3 is 5.97 Å². The van der Waals surface area contributed by atoms with Gasteiger partial charge in [-0.25, -0.2) is 9.78 Å². The molecule has 104 valence electrons. The summed E-state index contributed by atoms with van der Waals surface area (Å²) >= 11 is 0. The third-order valence-corrected chi connectivity index (χ3v) is 3.81. The van der Waals surface area contributed by atoms with Gasteiger partial charge in [0.15, 0.2) is 0 Å². The number of nitrogens with zero attached hydrogens (tertiary/aromatic N) is 2. The van der Waals surface area contributed by atoms with E-state index in [-0.39, 0.29) is 6.10 Å². The number of anilines is 1. The molecule has 1 N–H and O–H groups in total. The van der Waals surface area contributed by atoms with Crippen LogP contribution in [0.3, 0.4) is 0 Å². The largest absolute Gasteiger partial charge is 0.480 e. The van der Waals surface area contributed by atoms with Crippen molar-refractivity contribution in [2.45, 2.75) is 18.6 Å². The number of hydrogen-bond acceptors (Lipinski definition) is 4. The summed E-state index contributed by atoms with van der Waals surface area (Å²) in [6.07, 6.45) is 2.13. The monoisotopic (exact) mass is 272 g/mol. The molecule has 1 aromatic heterocycles. The fourth-order valence-corrected chi connectivity index (χ4v) is 2.77. The lowest BCUT2D eigenvalue weighted by Crippen LogP contribution is -2.36. The van der Waals surface area contributed by atoms with E-state index in [2.05, 4.69) is 4.98 Å². The fraction of sp³-hybridized carbons (Fsp3) is 0.333. The van der Waals surface area contributed by atoms with E-state index < -0.39 is 12.0 Å². The number of benzene rings is 1. The third kappa shape index (κ3) is 2.10. The molecule has 2 atom stereocenters. The summed E-state index contributed by atoms with van der Waals surface area (Å²) in [4.78, 5) is 17.7. The highest BCUT2D eigenvalue weighted by Gasteiger charge is 2.38. The zero-order valence-electron chi connectivity index (χ0n) is 11.2. The molecule has 0 bridgehead atoms. The van der Waals surface area contributed by atoms with E-state index in [4.69, 9.17) is 4.74 Å². The number of carboxylic acid groups (broad SMARTS) is 1. The zero-order valence-corrected chi connectivity index (χ0v) is 11.2. The van der Waals surface area contributed by atoms with Crippen LogP contribution in [0.5, 0.6) is 0 Å². The molecule has 5 heteroatoms. The van der Waals surface area contributed by atoms with Crippen molar-refractivity contribution in [1.82, 2.24) is 4.98 Å². The molecule has 2 heterocycles. The molecule has 0 amide bonds. The van der Waals surface area contributed by atoms with Crippen LogP contribution >= 0.6 is 0 Å². The minimum atomic E-state index is -0.834. The van der Waals surface area contributed by atoms with Crippen molar-refractivity contribution in [1.29, 1.82) is 0 Å². The van der Waals surface area contributed by atoms with Gasteiger partial charge in [0.05, 0.1) is 6.10 Å². The summed E-state index contributed by atoms with van der Waals surface area (Å²) in [5.74, 6) is -0.116. The van der Waals surface area contributed by atoms with Crippen LogP contribution in [-0.2, 0) is 9.53 Å². The van der Waals surface area contributed by atoms with Gasteiger partial charge in [-0.05, 0) is 11.5 Å². The molecule has 2 unspecified atom stereocenters. The molecular formula is C15H16N2O3. The fourth-order valence-electron chi connectivity index (χ4n) is 2.77. The highest BCUT2D eigenvalue weighted by Crippen LogP contribution is 2.31. The summed E-state index contributed by atoms with van der Waals surface area (Å²) in [7, 11) is 1.61. The van der Waals surface area contributed by atoms with Crippen molar-refractivity contribution in [2.24, 2.45) is 0 Å². The lowest BCUT2D eigenvalue weighted by Gasteiger charge is -2.23. The van der Waals surface area contributed by atoms with Crippen LogP contribution in [0.25, 0.3) is 10.8 Å². The zero-order chi connectivity index (χ0) is 14.1. The topological polar surface area (TPSA) is 62.7 Å². The number of pyridine rings is 1. The van der Waals surface area contributed by atoms with Crippen LogP contribution in [0.2, 0.25) is 0 Å². The average molecular weight is 272 g/mol. The van der Waals surface area contributed by atoms with Gasteiger partial charge in [0.25, 0.3) is 0 Å². The summed E-state index contributed by atoms with van der Waals surface area (Å²) < 4.78 is 5.32. The second-order valence-electron chi connectivity index (χ2n) is 4.96. The van der Waals surface area contributed by atoms with Crippen molar-refractivity contribution in [3.8, 4) is 0 Å². The van der Waals surface area contributed by atoms with E-state index in [1.165, 1.54) is 0 Å². The minimum Gasteiger partial charge on any atom is -0.480 e. The maximum atomic E-state index is 11.5. The van der Waals surface area contributed by atoms with E-state index in [0.717, 1.165) is 16.6 Å². The van der Waals surface area contributed by atoms with Crippen LogP contribution in [0.15, 0.2) is 36.5 Å². The number of fused-ring (bicyclic) bond motifs is 1. The Morgan fingerprint density at radius 3 is 2.95 bits per heavy atom. The number of hydrogen-bond donors (Lipinski definition) is 1. The Morgan fingerprint density at radius 1 is 1.40 bits per heavy atom. The van der Waals surface area contributed by atoms with Crippen LogP contribution in [0, 0.1) is 0 Å². The first kappa shape index (κ1) is 12.9. The van der Waals surface area contributed by atoms with Crippen molar-refractivity contribution in [3.63, 3.8) is 0 Å². The first-order valence-electron chi connectivity index (χ1n) is 6.56. The summed E-state index contributed by atoms with van der Waals surface area (Å²) in [5.41, 5.74) is 0. The Bertz CT molecular complexity index is 639. The molecule has 1 fully saturated rings. The number of carbonyl (C=O) groups is 1. The second kappa shape index (κ2) is 5.09. The summed E-state index contributed by atoms with van der Waals surface area (Å²) in [6.45, 7) is 0.550. The van der Waals surface area contributed by atoms with Crippen LogP contribution in [-0.4, -0.2) is 41.9 Å². The highest BCUT2D eigenvalue weighted by molar-refractivity contribution is 5.94. The number of ether oxygens (including phenoxy) is 1. The van der Waals surface area contributed by atoms with Crippen molar-refractivity contribution in [2.75, 3.05) is 18.6 Å². The predicted octanol–water partition coefficient (Wildman–Crippen LogP) is 1.91. The molecule has 0 radical (unpaired) electrons. The standard InChI is InChI=1S/C15H16N2O3/c1-20-11-8-13(15(18)19)17(9-11)14-12-5-3-2-4-10(12)6-7-16-14/h2-7,11,13H,8-9H2,1H3,(H,18,19). The smallest absolute Gasteiger partial charge is 0.326 e. The molecule has 0 spiro atoms. The van der Waals surface area contributed by atoms with E-state index in [9.17, 15) is 9.90 Å². The molecule has 0 saturated carbocycles. The van der Waals surface area contributed by atoms with E-state index in [1.807, 2.05) is 35.2 Å². The van der Waals surface area contributed by atoms with Crippen molar-refractivity contribution < 1.29 is 14.6 Å². The van der Waals surface area contributed by atoms with Crippen molar-refractivity contribution >= 4 is 22.6 Å². The predicted molar refractivity (Wildman–Crippen MR) is 75.9 cm³/mol. The quantitative estimate of drug-likeness (QED) is 0.924. The molecule has 1 aliphatic heterocycles. The van der Waals surface area contributed by atoms with Gasteiger partial charge < -0.3 is 14.7 Å². The van der Waals surface area contributed by atoms with Gasteiger partial charge in [-0.3, -0.25) is 0 Å². The number of aliphatic carboxylic acids is 1. The van der Waals surface area contributed by atoms with E-state index in [0.29, 0.717) is 13.0 Å². The van der Waals surface area contributed by atoms with E-state index >= 15 is 0 Å². The lowest BCUT2D eigenvalue weighted by atomic mass is 10.1. The third-order valence-electron chi connectivity index (χ3n) is 3.81. The number of methoxy groups -OCH3 is 1. The molecule has 2 aromatic rings. The molecular weight excluding hydrogens is 256 g/mol. The average Bonchev–Trinajstić information content (AvgIpc) is 2.91. The Hall–Kier alpha value is -2.14. The summed E-state index contributed by atoms with van der Waals surface area (Å²) in [5, 5.41) is 11.4. The van der Waals surface area contributed by atoms with Crippen LogP contribution in [0.1, 0.15) is 6.42 Å². The summed E-state index contributed by atoms with van der Waals surface area (Å²) in [6, 6.07) is 9.21. The Balaban J connectivity index is 2.07. The Labute approximate surface area is 116 Å². The SMILES string of the molecule is COC1CC(C(=O)O)N(c2nccc3ccccc23)C1. The normalized spacial score (nSPS) is 22.4. The second-order valence-corrected chi connectivity index (χ2v) is 4.96. The molecule has 1 aliphatic rings. The van der Waals surface area contributed by atoms with Crippen molar-refractivity contribution in [3.05, 3.63) is 36.5 Å². The maximum Gasteiger partial charge on any atom is 0.326 e. The lowest BCUT2D eigenvalue weighted by molar-refractivity contribution is -0.138. The number of carboxylic acids is 1. The molecule has 1 aromatic carbocycles. The van der Waals surface area contributed by atoms with Crippen LogP contribution < -0.4 is 4.90 Å². The van der Waals surface area contributed by atoms with Gasteiger partial charge in [-0.15, -0.1) is 0 Å².